The minimum Gasteiger partial charge on any atom is -0.496 e. The van der Waals surface area contributed by atoms with Crippen molar-refractivity contribution in [1.29, 1.82) is 0 Å². The van der Waals surface area contributed by atoms with Gasteiger partial charge in [0.2, 0.25) is 5.91 Å². The summed E-state index contributed by atoms with van der Waals surface area (Å²) in [6.45, 7) is 2.42. The molecule has 0 atom stereocenters. The Balaban J connectivity index is 1.90. The van der Waals surface area contributed by atoms with Gasteiger partial charge in [0, 0.05) is 16.6 Å². The van der Waals surface area contributed by atoms with Gasteiger partial charge in [0.15, 0.2) is 0 Å². The number of methoxy groups -OCH3 is 1. The molecule has 0 spiro atoms. The van der Waals surface area contributed by atoms with Crippen LogP contribution in [-0.2, 0) is 17.8 Å². The minimum atomic E-state index is -0.0302. The number of carbonyl (C=O) groups is 1. The minimum absolute atomic E-state index is 0.0302. The van der Waals surface area contributed by atoms with Crippen LogP contribution in [-0.4, -0.2) is 18.0 Å². The average molecular weight is 276 g/mol. The van der Waals surface area contributed by atoms with E-state index in [0.29, 0.717) is 13.0 Å². The van der Waals surface area contributed by atoms with Crippen molar-refractivity contribution in [2.24, 2.45) is 0 Å². The Morgan fingerprint density at radius 1 is 1.42 bits per heavy atom. The molecule has 0 saturated carbocycles. The first-order valence-electron chi connectivity index (χ1n) is 5.98. The molecule has 1 aromatic heterocycles. The van der Waals surface area contributed by atoms with Crippen molar-refractivity contribution in [1.82, 2.24) is 10.3 Å². The van der Waals surface area contributed by atoms with E-state index in [4.69, 9.17) is 4.74 Å². The number of nitrogens with zero attached hydrogens (tertiary/aromatic N) is 1. The largest absolute Gasteiger partial charge is 0.496 e. The molecule has 0 unspecified atom stereocenters. The summed E-state index contributed by atoms with van der Waals surface area (Å²) < 4.78 is 5.22. The molecule has 0 bridgehead atoms. The quantitative estimate of drug-likeness (QED) is 0.911. The Bertz CT molecular complexity index is 566. The van der Waals surface area contributed by atoms with E-state index in [0.717, 1.165) is 22.0 Å². The SMILES string of the molecule is COc1ccccc1CC(=O)NCc1nc(C)cs1. The lowest BCUT2D eigenvalue weighted by atomic mass is 10.1. The Kier molecular flexibility index (Phi) is 4.52. The number of benzene rings is 1. The zero-order valence-corrected chi connectivity index (χ0v) is 11.8. The van der Waals surface area contributed by atoms with Gasteiger partial charge < -0.3 is 10.1 Å². The number of rotatable bonds is 5. The highest BCUT2D eigenvalue weighted by molar-refractivity contribution is 7.09. The van der Waals surface area contributed by atoms with Crippen LogP contribution >= 0.6 is 11.3 Å². The second-order valence-electron chi connectivity index (χ2n) is 4.15. The number of nitrogens with one attached hydrogen (secondary N) is 1. The molecule has 0 fully saturated rings. The van der Waals surface area contributed by atoms with Crippen LogP contribution in [0.4, 0.5) is 0 Å². The first kappa shape index (κ1) is 13.5. The molecule has 1 N–H and O–H groups in total. The molecule has 4 nitrogen and oxygen atoms in total. The number of hydrogen-bond donors (Lipinski definition) is 1. The highest BCUT2D eigenvalue weighted by Crippen LogP contribution is 2.17. The van der Waals surface area contributed by atoms with Gasteiger partial charge in [-0.15, -0.1) is 11.3 Å². The van der Waals surface area contributed by atoms with Crippen LogP contribution in [0.15, 0.2) is 29.6 Å². The molecule has 1 aromatic carbocycles. The van der Waals surface area contributed by atoms with Crippen molar-refractivity contribution in [3.63, 3.8) is 0 Å². The number of aromatic nitrogens is 1. The number of aryl methyl sites for hydroxylation is 1. The van der Waals surface area contributed by atoms with Gasteiger partial charge in [-0.25, -0.2) is 4.98 Å². The van der Waals surface area contributed by atoms with Gasteiger partial charge >= 0.3 is 0 Å². The summed E-state index contributed by atoms with van der Waals surface area (Å²) in [5.41, 5.74) is 1.87. The van der Waals surface area contributed by atoms with Crippen LogP contribution in [0.25, 0.3) is 0 Å². The van der Waals surface area contributed by atoms with Crippen LogP contribution in [0.3, 0.4) is 0 Å². The third-order valence-corrected chi connectivity index (χ3v) is 3.61. The second-order valence-corrected chi connectivity index (χ2v) is 5.09. The fourth-order valence-corrected chi connectivity index (χ4v) is 2.45. The maximum atomic E-state index is 11.9. The average Bonchev–Trinajstić information content (AvgIpc) is 2.83. The fraction of sp³-hybridized carbons (Fsp3) is 0.286. The Morgan fingerprint density at radius 3 is 2.89 bits per heavy atom. The van der Waals surface area contributed by atoms with E-state index in [9.17, 15) is 4.79 Å². The van der Waals surface area contributed by atoms with E-state index in [-0.39, 0.29) is 5.91 Å². The van der Waals surface area contributed by atoms with Gasteiger partial charge in [0.05, 0.1) is 20.1 Å². The fourth-order valence-electron chi connectivity index (χ4n) is 1.74. The summed E-state index contributed by atoms with van der Waals surface area (Å²) in [7, 11) is 1.61. The lowest BCUT2D eigenvalue weighted by molar-refractivity contribution is -0.120. The van der Waals surface area contributed by atoms with Crippen molar-refractivity contribution in [2.45, 2.75) is 19.9 Å². The Hall–Kier alpha value is -1.88. The summed E-state index contributed by atoms with van der Waals surface area (Å²) >= 11 is 1.55. The predicted octanol–water partition coefficient (Wildman–Crippen LogP) is 2.32. The van der Waals surface area contributed by atoms with Crippen LogP contribution in [0, 0.1) is 6.92 Å². The summed E-state index contributed by atoms with van der Waals surface area (Å²) in [5, 5.41) is 5.76. The first-order chi connectivity index (χ1) is 9.19. The highest BCUT2D eigenvalue weighted by atomic mass is 32.1. The number of thiazole rings is 1. The molecule has 2 aromatic rings. The van der Waals surface area contributed by atoms with Crippen molar-refractivity contribution in [3.05, 3.63) is 45.9 Å². The zero-order valence-electron chi connectivity index (χ0n) is 11.0. The Morgan fingerprint density at radius 2 is 2.21 bits per heavy atom. The zero-order chi connectivity index (χ0) is 13.7. The van der Waals surface area contributed by atoms with E-state index in [1.165, 1.54) is 0 Å². The van der Waals surface area contributed by atoms with Gasteiger partial charge in [0.25, 0.3) is 0 Å². The monoisotopic (exact) mass is 276 g/mol. The highest BCUT2D eigenvalue weighted by Gasteiger charge is 2.08. The van der Waals surface area contributed by atoms with Crippen molar-refractivity contribution in [3.8, 4) is 5.75 Å². The topological polar surface area (TPSA) is 51.2 Å². The van der Waals surface area contributed by atoms with Crippen LogP contribution < -0.4 is 10.1 Å². The smallest absolute Gasteiger partial charge is 0.224 e. The van der Waals surface area contributed by atoms with E-state index in [1.807, 2.05) is 36.6 Å². The molecule has 1 heterocycles. The molecular weight excluding hydrogens is 260 g/mol. The van der Waals surface area contributed by atoms with Crippen LogP contribution in [0.2, 0.25) is 0 Å². The summed E-state index contributed by atoms with van der Waals surface area (Å²) in [6, 6.07) is 7.53. The molecule has 5 heteroatoms. The standard InChI is InChI=1S/C14H16N2O2S/c1-10-9-19-14(16-10)8-15-13(17)7-11-5-3-4-6-12(11)18-2/h3-6,9H,7-8H2,1-2H3,(H,15,17). The number of ether oxygens (including phenoxy) is 1. The molecular formula is C14H16N2O2S. The predicted molar refractivity (Wildman–Crippen MR) is 75.4 cm³/mol. The number of carbonyl (C=O) groups excluding carboxylic acids is 1. The van der Waals surface area contributed by atoms with Crippen molar-refractivity contribution < 1.29 is 9.53 Å². The number of hydrogen-bond acceptors (Lipinski definition) is 4. The van der Waals surface area contributed by atoms with Gasteiger partial charge in [-0.1, -0.05) is 18.2 Å². The summed E-state index contributed by atoms with van der Waals surface area (Å²) in [5.74, 6) is 0.708. The van der Waals surface area contributed by atoms with E-state index < -0.39 is 0 Å². The normalized spacial score (nSPS) is 10.2. The lowest BCUT2D eigenvalue weighted by Gasteiger charge is -2.08. The Labute approximate surface area is 116 Å². The molecule has 100 valence electrons. The van der Waals surface area contributed by atoms with Crippen LogP contribution in [0.5, 0.6) is 5.75 Å². The maximum absolute atomic E-state index is 11.9. The van der Waals surface area contributed by atoms with Gasteiger partial charge in [-0.2, -0.15) is 0 Å². The third-order valence-electron chi connectivity index (χ3n) is 2.65. The van der Waals surface area contributed by atoms with Gasteiger partial charge in [-0.3, -0.25) is 4.79 Å². The third kappa shape index (κ3) is 3.79. The lowest BCUT2D eigenvalue weighted by Crippen LogP contribution is -2.24. The summed E-state index contributed by atoms with van der Waals surface area (Å²) in [6.07, 6.45) is 0.314. The molecule has 0 aliphatic carbocycles. The molecule has 2 rings (SSSR count). The molecule has 0 aliphatic heterocycles. The van der Waals surface area contributed by atoms with E-state index in [1.54, 1.807) is 18.4 Å². The van der Waals surface area contributed by atoms with E-state index >= 15 is 0 Å². The first-order valence-corrected chi connectivity index (χ1v) is 6.86. The summed E-state index contributed by atoms with van der Waals surface area (Å²) in [4.78, 5) is 16.2. The molecule has 19 heavy (non-hydrogen) atoms. The number of para-hydroxylation sites is 1. The molecule has 1 amide bonds. The molecule has 0 radical (unpaired) electrons. The number of amides is 1. The van der Waals surface area contributed by atoms with Gasteiger partial charge in [-0.05, 0) is 13.0 Å². The van der Waals surface area contributed by atoms with Gasteiger partial charge in [0.1, 0.15) is 10.8 Å². The molecule has 0 saturated heterocycles. The van der Waals surface area contributed by atoms with Crippen molar-refractivity contribution in [2.75, 3.05) is 7.11 Å². The van der Waals surface area contributed by atoms with Crippen molar-refractivity contribution >= 4 is 17.2 Å². The van der Waals surface area contributed by atoms with E-state index in [2.05, 4.69) is 10.3 Å². The maximum Gasteiger partial charge on any atom is 0.224 e. The second kappa shape index (κ2) is 6.33. The van der Waals surface area contributed by atoms with Crippen LogP contribution in [0.1, 0.15) is 16.3 Å². The molecule has 0 aliphatic rings.